The fourth-order valence-corrected chi connectivity index (χ4v) is 11.9. The second kappa shape index (κ2) is 50.4. The van der Waals surface area contributed by atoms with Crippen molar-refractivity contribution in [1.29, 1.82) is 0 Å². The van der Waals surface area contributed by atoms with E-state index < -0.39 is 0 Å². The first-order valence-corrected chi connectivity index (χ1v) is 30.5. The van der Waals surface area contributed by atoms with Crippen molar-refractivity contribution in [2.75, 3.05) is 6.54 Å². The molecule has 1 aliphatic rings. The van der Waals surface area contributed by atoms with Crippen LogP contribution in [0.15, 0.2) is 0 Å². The Hall–Kier alpha value is -0.0400. The van der Waals surface area contributed by atoms with Crippen molar-refractivity contribution in [3.05, 3.63) is 0 Å². The van der Waals surface area contributed by atoms with Crippen molar-refractivity contribution in [3.63, 3.8) is 0 Å². The smallest absolute Gasteiger partial charge is 0.00487 e. The third-order valence-corrected chi connectivity index (χ3v) is 16.1. The number of rotatable bonds is 52. The second-order valence-corrected chi connectivity index (χ2v) is 22.0. The summed E-state index contributed by atoms with van der Waals surface area (Å²) in [6, 6.07) is 0. The highest BCUT2D eigenvalue weighted by Crippen LogP contribution is 2.45. The van der Waals surface area contributed by atoms with E-state index in [4.69, 9.17) is 5.73 Å². The van der Waals surface area contributed by atoms with Crippen LogP contribution in [-0.4, -0.2) is 6.54 Å². The Balaban J connectivity index is 2.35. The first-order chi connectivity index (χ1) is 30.8. The summed E-state index contributed by atoms with van der Waals surface area (Å²) in [6.07, 6.45) is 78.2. The van der Waals surface area contributed by atoms with Crippen molar-refractivity contribution >= 4 is 0 Å². The first kappa shape index (κ1) is 60.0. The predicted molar refractivity (Wildman–Crippen MR) is 285 cm³/mol. The van der Waals surface area contributed by atoms with Crippen LogP contribution in [0.2, 0.25) is 0 Å². The summed E-state index contributed by atoms with van der Waals surface area (Å²) >= 11 is 0. The molecule has 2 atom stereocenters. The normalized spacial score (nSPS) is 18.0. The van der Waals surface area contributed by atoms with Gasteiger partial charge in [0.05, 0.1) is 0 Å². The molecular weight excluding hydrogens is 747 g/mol. The van der Waals surface area contributed by atoms with Crippen LogP contribution in [-0.2, 0) is 0 Å². The average molecular weight is 871 g/mol. The van der Waals surface area contributed by atoms with Crippen molar-refractivity contribution < 1.29 is 0 Å². The number of unbranched alkanes of at least 4 members (excludes halogenated alkanes) is 45. The Bertz CT molecular complexity index is 759. The number of nitrogens with two attached hydrogens (primary N) is 1. The lowest BCUT2D eigenvalue weighted by molar-refractivity contribution is 0.0815. The number of hydrogen-bond donors (Lipinski definition) is 1. The molecule has 62 heavy (non-hydrogen) atoms. The molecule has 1 heteroatoms. The van der Waals surface area contributed by atoms with Gasteiger partial charge in [0.25, 0.3) is 0 Å². The van der Waals surface area contributed by atoms with E-state index in [-0.39, 0.29) is 0 Å². The molecule has 0 aromatic heterocycles. The van der Waals surface area contributed by atoms with Crippen LogP contribution in [0.4, 0.5) is 0 Å². The minimum atomic E-state index is 0.800. The summed E-state index contributed by atoms with van der Waals surface area (Å²) in [7, 11) is 0. The molecule has 1 rings (SSSR count). The fourth-order valence-electron chi connectivity index (χ4n) is 11.9. The van der Waals surface area contributed by atoms with E-state index in [9.17, 15) is 0 Å². The Kier molecular flexibility index (Phi) is 48.7. The van der Waals surface area contributed by atoms with Crippen LogP contribution < -0.4 is 5.73 Å². The van der Waals surface area contributed by atoms with E-state index >= 15 is 0 Å². The Labute approximate surface area is 395 Å². The van der Waals surface area contributed by atoms with Crippen LogP contribution in [0.3, 0.4) is 0 Å². The standard InChI is InChI=1S/C61H123N/c1-4-7-10-13-16-19-22-25-28-31-34-37-40-43-46-49-52-59-55-58(57-62)56-60(53-50-47-44-41-38-35-32-29-26-23-20-17-14-11-8-5-2)61(59)54-51-48-45-42-39-36-33-30-27-24-21-18-15-12-9-6-3/h58-61H,4-57,62H2,1-3H3. The molecule has 1 nitrogen and oxygen atoms in total. The van der Waals surface area contributed by atoms with Gasteiger partial charge in [-0.2, -0.15) is 0 Å². The van der Waals surface area contributed by atoms with E-state index in [0.29, 0.717) is 0 Å². The molecule has 0 aromatic rings. The summed E-state index contributed by atoms with van der Waals surface area (Å²) in [4.78, 5) is 0. The zero-order valence-electron chi connectivity index (χ0n) is 44.1. The van der Waals surface area contributed by atoms with E-state index in [2.05, 4.69) is 20.8 Å². The molecule has 1 saturated carbocycles. The maximum absolute atomic E-state index is 6.49. The molecule has 0 heterocycles. The van der Waals surface area contributed by atoms with Crippen molar-refractivity contribution in [2.24, 2.45) is 29.4 Å². The highest BCUT2D eigenvalue weighted by molar-refractivity contribution is 4.87. The van der Waals surface area contributed by atoms with Gasteiger partial charge in [-0.05, 0) is 49.5 Å². The molecule has 2 N–H and O–H groups in total. The van der Waals surface area contributed by atoms with Crippen LogP contribution in [0.1, 0.15) is 361 Å². The topological polar surface area (TPSA) is 26.0 Å². The largest absolute Gasteiger partial charge is 0.330 e. The summed E-state index contributed by atoms with van der Waals surface area (Å²) in [5.74, 6) is 3.73. The zero-order valence-corrected chi connectivity index (χ0v) is 44.1. The Morgan fingerprint density at radius 3 is 0.613 bits per heavy atom. The highest BCUT2D eigenvalue weighted by Gasteiger charge is 2.36. The van der Waals surface area contributed by atoms with Crippen molar-refractivity contribution in [2.45, 2.75) is 361 Å². The van der Waals surface area contributed by atoms with Gasteiger partial charge in [0.2, 0.25) is 0 Å². The van der Waals surface area contributed by atoms with Gasteiger partial charge in [0, 0.05) is 0 Å². The maximum Gasteiger partial charge on any atom is -0.00487 e. The molecule has 0 aromatic carbocycles. The lowest BCUT2D eigenvalue weighted by Gasteiger charge is -2.43. The predicted octanol–water partition coefficient (Wildman–Crippen LogP) is 22.2. The molecule has 0 saturated heterocycles. The van der Waals surface area contributed by atoms with Crippen LogP contribution >= 0.6 is 0 Å². The van der Waals surface area contributed by atoms with E-state index in [1.807, 2.05) is 0 Å². The van der Waals surface area contributed by atoms with Gasteiger partial charge in [-0.1, -0.05) is 342 Å². The summed E-state index contributed by atoms with van der Waals surface area (Å²) < 4.78 is 0. The highest BCUT2D eigenvalue weighted by atomic mass is 14.6. The molecule has 0 amide bonds. The minimum Gasteiger partial charge on any atom is -0.330 e. The van der Waals surface area contributed by atoms with Crippen molar-refractivity contribution in [3.8, 4) is 0 Å². The summed E-state index contributed by atoms with van der Waals surface area (Å²) in [5, 5.41) is 0. The average Bonchev–Trinajstić information content (AvgIpc) is 3.28. The molecule has 1 aliphatic carbocycles. The van der Waals surface area contributed by atoms with Gasteiger partial charge in [-0.15, -0.1) is 0 Å². The van der Waals surface area contributed by atoms with Gasteiger partial charge >= 0.3 is 0 Å². The van der Waals surface area contributed by atoms with Gasteiger partial charge < -0.3 is 5.73 Å². The van der Waals surface area contributed by atoms with Crippen LogP contribution in [0.5, 0.6) is 0 Å². The third-order valence-electron chi connectivity index (χ3n) is 16.1. The van der Waals surface area contributed by atoms with Crippen LogP contribution in [0.25, 0.3) is 0 Å². The van der Waals surface area contributed by atoms with Gasteiger partial charge in [-0.3, -0.25) is 0 Å². The maximum atomic E-state index is 6.49. The van der Waals surface area contributed by atoms with E-state index in [0.717, 1.165) is 30.2 Å². The quantitative estimate of drug-likeness (QED) is 0.0606. The van der Waals surface area contributed by atoms with Gasteiger partial charge in [0.1, 0.15) is 0 Å². The third kappa shape index (κ3) is 40.3. The minimum absolute atomic E-state index is 0.800. The zero-order chi connectivity index (χ0) is 44.5. The lowest BCUT2D eigenvalue weighted by atomic mass is 9.63. The molecule has 1 fully saturated rings. The van der Waals surface area contributed by atoms with Crippen LogP contribution in [0, 0.1) is 23.7 Å². The number of hydrogen-bond acceptors (Lipinski definition) is 1. The Morgan fingerprint density at radius 2 is 0.419 bits per heavy atom. The molecular formula is C61H123N. The SMILES string of the molecule is CCCCCCCCCCCCCCCCCCC1CC(CN)CC(CCCCCCCCCCCCCCCCCC)C1CCCCCCCCCCCCCCCCCC. The Morgan fingerprint density at radius 1 is 0.242 bits per heavy atom. The van der Waals surface area contributed by atoms with Gasteiger partial charge in [-0.25, -0.2) is 0 Å². The molecule has 0 spiro atoms. The lowest BCUT2D eigenvalue weighted by Crippen LogP contribution is -2.35. The fraction of sp³-hybridized carbons (Fsp3) is 1.00. The molecule has 0 aliphatic heterocycles. The summed E-state index contributed by atoms with van der Waals surface area (Å²) in [6.45, 7) is 7.91. The van der Waals surface area contributed by atoms with E-state index in [1.54, 1.807) is 0 Å². The molecule has 372 valence electrons. The molecule has 2 unspecified atom stereocenters. The van der Waals surface area contributed by atoms with Gasteiger partial charge in [0.15, 0.2) is 0 Å². The summed E-state index contributed by atoms with van der Waals surface area (Å²) in [5.41, 5.74) is 6.49. The molecule has 0 radical (unpaired) electrons. The first-order valence-electron chi connectivity index (χ1n) is 30.5. The van der Waals surface area contributed by atoms with Crippen molar-refractivity contribution in [1.82, 2.24) is 0 Å². The molecule has 0 bridgehead atoms. The monoisotopic (exact) mass is 870 g/mol. The van der Waals surface area contributed by atoms with E-state index in [1.165, 1.54) is 340 Å². The second-order valence-electron chi connectivity index (χ2n) is 22.0.